The number of aliphatic imine (C=N–C) groups is 1. The third-order valence-corrected chi connectivity index (χ3v) is 18.2. The van der Waals surface area contributed by atoms with E-state index in [9.17, 15) is 24.3 Å². The van der Waals surface area contributed by atoms with Gasteiger partial charge in [-0.1, -0.05) is 68.8 Å². The summed E-state index contributed by atoms with van der Waals surface area (Å²) in [6.45, 7) is 20.5. The lowest BCUT2D eigenvalue weighted by Crippen LogP contribution is -2.68. The molecular weight excluding hydrogens is 982 g/mol. The number of thiazole rings is 1. The van der Waals surface area contributed by atoms with Crippen LogP contribution in [0.5, 0.6) is 0 Å². The molecule has 73 heavy (non-hydrogen) atoms. The number of aryl methyl sites for hydroxylation is 3. The Labute approximate surface area is 440 Å². The van der Waals surface area contributed by atoms with E-state index < -0.39 is 29.6 Å². The normalized spacial score (nSPS) is 21.9. The second kappa shape index (κ2) is 20.1. The molecule has 10 rings (SSSR count). The molecule has 4 amide bonds. The molecule has 2 aromatic carbocycles. The lowest BCUT2D eigenvalue weighted by atomic mass is 9.60. The van der Waals surface area contributed by atoms with Gasteiger partial charge in [0.15, 0.2) is 5.82 Å². The van der Waals surface area contributed by atoms with Crippen molar-refractivity contribution in [1.29, 1.82) is 0 Å². The van der Waals surface area contributed by atoms with Gasteiger partial charge in [0.25, 0.3) is 0 Å². The van der Waals surface area contributed by atoms with Gasteiger partial charge >= 0.3 is 0 Å². The number of piperazine rings is 1. The second-order valence-electron chi connectivity index (χ2n) is 22.1. The van der Waals surface area contributed by atoms with Crippen LogP contribution in [0.4, 0.5) is 0 Å². The molecule has 1 saturated carbocycles. The van der Waals surface area contributed by atoms with Gasteiger partial charge in [0.2, 0.25) is 23.6 Å². The zero-order chi connectivity index (χ0) is 51.7. The minimum atomic E-state index is -0.902. The predicted molar refractivity (Wildman–Crippen MR) is 284 cm³/mol. The zero-order valence-corrected chi connectivity index (χ0v) is 45.3. The Balaban J connectivity index is 0.699. The van der Waals surface area contributed by atoms with Crippen LogP contribution in [-0.4, -0.2) is 150 Å². The number of likely N-dealkylation sites (tertiary alicyclic amines) is 2. The van der Waals surface area contributed by atoms with Crippen LogP contribution in [-0.2, 0) is 19.2 Å². The van der Waals surface area contributed by atoms with Crippen LogP contribution < -0.4 is 10.6 Å². The first kappa shape index (κ1) is 51.1. The molecule has 5 aliphatic rings. The van der Waals surface area contributed by atoms with Crippen molar-refractivity contribution >= 4 is 63.6 Å². The van der Waals surface area contributed by atoms with Crippen molar-refractivity contribution in [2.24, 2.45) is 15.8 Å². The number of hydrogen-bond donors (Lipinski definition) is 3. The third-order valence-electron chi connectivity index (χ3n) is 15.8. The Morgan fingerprint density at radius 1 is 0.918 bits per heavy atom. The summed E-state index contributed by atoms with van der Waals surface area (Å²) in [4.78, 5) is 76.0. The van der Waals surface area contributed by atoms with Crippen LogP contribution in [0.2, 0.25) is 5.02 Å². The van der Waals surface area contributed by atoms with E-state index in [-0.39, 0.29) is 61.0 Å². The summed E-state index contributed by atoms with van der Waals surface area (Å²) in [5.74, 6) is 0.549. The average molecular weight is 1050 g/mol. The van der Waals surface area contributed by atoms with Crippen LogP contribution in [0, 0.1) is 38.5 Å². The summed E-state index contributed by atoms with van der Waals surface area (Å²) in [6, 6.07) is 13.6. The second-order valence-corrected chi connectivity index (χ2v) is 24.6. The zero-order valence-electron chi connectivity index (χ0n) is 42.9. The number of benzene rings is 2. The van der Waals surface area contributed by atoms with Gasteiger partial charge < -0.3 is 25.5 Å². The van der Waals surface area contributed by atoms with Crippen molar-refractivity contribution in [3.63, 3.8) is 0 Å². The fourth-order valence-electron chi connectivity index (χ4n) is 11.5. The van der Waals surface area contributed by atoms with Gasteiger partial charge in [-0.25, -0.2) is 4.98 Å². The molecule has 1 unspecified atom stereocenters. The van der Waals surface area contributed by atoms with Gasteiger partial charge in [0.05, 0.1) is 46.9 Å². The highest BCUT2D eigenvalue weighted by Gasteiger charge is 2.55. The summed E-state index contributed by atoms with van der Waals surface area (Å²) in [6.07, 6.45) is 1.52. The molecule has 3 N–H and O–H groups in total. The third kappa shape index (κ3) is 10.1. The minimum absolute atomic E-state index is 0.0124. The van der Waals surface area contributed by atoms with Crippen LogP contribution in [0.15, 0.2) is 59.0 Å². The van der Waals surface area contributed by atoms with E-state index in [2.05, 4.69) is 54.0 Å². The van der Waals surface area contributed by atoms with Crippen LogP contribution >= 0.6 is 34.3 Å². The number of thiophene rings is 1. The number of aromatic nitrogens is 4. The highest BCUT2D eigenvalue weighted by molar-refractivity contribution is 7.15. The number of halogens is 1. The monoisotopic (exact) mass is 1050 g/mol. The van der Waals surface area contributed by atoms with Gasteiger partial charge in [-0.15, -0.1) is 32.9 Å². The molecule has 16 nitrogen and oxygen atoms in total. The number of nitrogens with zero attached hydrogens (tertiary/aromatic N) is 9. The summed E-state index contributed by atoms with van der Waals surface area (Å²) in [5, 5.41) is 27.6. The van der Waals surface area contributed by atoms with Crippen molar-refractivity contribution in [3.8, 4) is 15.4 Å². The Hall–Kier alpha value is -5.37. The standard InChI is InChI=1S/C54H66ClN11O5S2/c1-30-33(4)73-52-45(30)46(36-13-15-38(55)16-14-36)58-41(49-61-60-34(5)66(49)52)22-44(69)64-27-54(28-64)23-39(24-54)63-19-17-62(18-20-63)26-43(68)59-48(53(6,7)8)51(71)65-25-40(67)21-42(65)50(70)57-31(2)35-9-11-37(12-10-35)47-32(3)56-29-72-47/h9-16,29,31,39-42,48,67H,17-28H2,1-8H3,(H,57,70)(H,59,68)/t31?,40-,41+,42+,48-/m1/s1. The smallest absolute Gasteiger partial charge is 0.246 e. The van der Waals surface area contributed by atoms with Crippen LogP contribution in [0.1, 0.15) is 110 Å². The van der Waals surface area contributed by atoms with Crippen molar-refractivity contribution in [3.05, 3.63) is 104 Å². The van der Waals surface area contributed by atoms with E-state index in [1.54, 1.807) is 22.7 Å². The maximum absolute atomic E-state index is 14.3. The number of aliphatic hydroxyl groups is 1. The Morgan fingerprint density at radius 2 is 1.60 bits per heavy atom. The molecule has 5 atom stereocenters. The molecule has 386 valence electrons. The number of carbonyl (C=O) groups is 4. The van der Waals surface area contributed by atoms with Gasteiger partial charge in [0.1, 0.15) is 29.0 Å². The predicted octanol–water partition coefficient (Wildman–Crippen LogP) is 6.60. The molecule has 1 aliphatic carbocycles. The first-order valence-corrected chi connectivity index (χ1v) is 27.5. The maximum atomic E-state index is 14.3. The molecule has 4 aliphatic heterocycles. The summed E-state index contributed by atoms with van der Waals surface area (Å²) in [5.41, 5.74) is 8.22. The number of aliphatic hydroxyl groups excluding tert-OH is 1. The van der Waals surface area contributed by atoms with Crippen LogP contribution in [0.25, 0.3) is 15.4 Å². The fourth-order valence-corrected chi connectivity index (χ4v) is 13.7. The summed E-state index contributed by atoms with van der Waals surface area (Å²) < 4.78 is 2.09. The van der Waals surface area contributed by atoms with E-state index in [0.717, 1.165) is 107 Å². The number of rotatable bonds is 12. The minimum Gasteiger partial charge on any atom is -0.391 e. The van der Waals surface area contributed by atoms with Gasteiger partial charge in [-0.3, -0.25) is 38.5 Å². The molecule has 0 radical (unpaired) electrons. The van der Waals surface area contributed by atoms with E-state index in [1.807, 2.05) is 100 Å². The number of nitrogens with one attached hydrogen (secondary N) is 2. The maximum Gasteiger partial charge on any atom is 0.246 e. The van der Waals surface area contributed by atoms with Gasteiger partial charge in [0, 0.05) is 84.7 Å². The fraction of sp³-hybridized carbons (Fsp3) is 0.519. The van der Waals surface area contributed by atoms with E-state index in [1.165, 1.54) is 9.78 Å². The SMILES string of the molecule is Cc1ncsc1-c1ccc(C(C)NC(=O)[C@@H]2C[C@@H](O)CN2C(=O)[C@@H](NC(=O)CN2CCN(C3CC4(C3)CN(C(=O)C[C@@H]3N=C(c5ccc(Cl)cc5)c5c(sc(C)c5C)-n5c(C)nnc53)C4)CC2)C(C)(C)C)cc1. The quantitative estimate of drug-likeness (QED) is 0.123. The van der Waals surface area contributed by atoms with E-state index in [4.69, 9.17) is 16.6 Å². The van der Waals surface area contributed by atoms with Crippen molar-refractivity contribution in [1.82, 2.24) is 50.0 Å². The van der Waals surface area contributed by atoms with Crippen LogP contribution in [0.3, 0.4) is 0 Å². The molecule has 1 spiro atoms. The molecule has 3 saturated heterocycles. The highest BCUT2D eigenvalue weighted by Crippen LogP contribution is 2.51. The highest BCUT2D eigenvalue weighted by atomic mass is 35.5. The molecule has 3 aromatic heterocycles. The lowest BCUT2D eigenvalue weighted by molar-refractivity contribution is -0.159. The summed E-state index contributed by atoms with van der Waals surface area (Å²) in [7, 11) is 0. The van der Waals surface area contributed by atoms with E-state index >= 15 is 0 Å². The number of hydrogen-bond acceptors (Lipinski definition) is 13. The number of fused-ring (bicyclic) bond motifs is 3. The Kier molecular flexibility index (Phi) is 14.0. The van der Waals surface area contributed by atoms with Crippen molar-refractivity contribution in [2.45, 2.75) is 117 Å². The van der Waals surface area contributed by atoms with Crippen molar-refractivity contribution in [2.75, 3.05) is 52.4 Å². The number of carbonyl (C=O) groups excluding carboxylic acids is 4. The molecule has 5 aromatic rings. The number of amides is 4. The largest absolute Gasteiger partial charge is 0.391 e. The molecule has 4 fully saturated rings. The topological polar surface area (TPSA) is 181 Å². The van der Waals surface area contributed by atoms with Gasteiger partial charge in [-0.05, 0) is 81.7 Å². The average Bonchev–Trinajstić information content (AvgIpc) is 4.09. The molecule has 19 heteroatoms. The molecule has 0 bridgehead atoms. The van der Waals surface area contributed by atoms with Crippen molar-refractivity contribution < 1.29 is 24.3 Å². The van der Waals surface area contributed by atoms with Gasteiger partial charge in [-0.2, -0.15) is 0 Å². The lowest BCUT2D eigenvalue weighted by Gasteiger charge is -2.61. The first-order chi connectivity index (χ1) is 34.8. The Morgan fingerprint density at radius 3 is 2.26 bits per heavy atom. The summed E-state index contributed by atoms with van der Waals surface area (Å²) >= 11 is 9.59. The first-order valence-electron chi connectivity index (χ1n) is 25.4. The molecule has 7 heterocycles. The number of β-amino-alcohol motifs (C(OH)–C–C–N with tert-alkyl or cyclic N) is 1. The van der Waals surface area contributed by atoms with E-state index in [0.29, 0.717) is 16.9 Å². The molecular formula is C54H66ClN11O5S2. The Bertz CT molecular complexity index is 2940.